The molecule has 0 aromatic carbocycles. The fraction of sp³-hybridized carbons (Fsp3) is 0.583. The predicted octanol–water partition coefficient (Wildman–Crippen LogP) is 2.73. The lowest BCUT2D eigenvalue weighted by Crippen LogP contribution is -2.60. The number of carbonyl (C=O) groups excluding carboxylic acids is 2. The number of hydrogen-bond acceptors (Lipinski definition) is 10. The molecule has 15 heteroatoms. The second kappa shape index (κ2) is 12.3. The summed E-state index contributed by atoms with van der Waals surface area (Å²) in [7, 11) is 1.29. The summed E-state index contributed by atoms with van der Waals surface area (Å²) < 4.78 is 40.6. The Kier molecular flexibility index (Phi) is 8.89. The average Bonchev–Trinajstić information content (AvgIpc) is 2.89. The summed E-state index contributed by atoms with van der Waals surface area (Å²) in [6.07, 6.45) is 4.09. The molecule has 3 amide bonds. The van der Waals surface area contributed by atoms with Crippen molar-refractivity contribution in [3.05, 3.63) is 24.7 Å². The van der Waals surface area contributed by atoms with E-state index in [4.69, 9.17) is 9.47 Å². The van der Waals surface area contributed by atoms with Gasteiger partial charge in [-0.15, -0.1) is 0 Å². The first-order valence-corrected chi connectivity index (χ1v) is 12.8. The van der Waals surface area contributed by atoms with Gasteiger partial charge in [0.15, 0.2) is 5.82 Å². The molecule has 4 rings (SSSR count). The standard InChI is InChI=1S/C24H33F2N9O4/c1-4-38-20-13-29-19(12-30-20)32-22(36)34(3)17-14-35(10-7-24(17,25)26)21-28-9-6-18(31-21)33-23(37)39-16-5-8-27-15(2)11-16/h6,9,12-13,15-17,27H,4-5,7-8,10-11,14H2,1-3H3,(H,29,32,36)(H,28,31,33,37). The van der Waals surface area contributed by atoms with E-state index < -0.39 is 30.5 Å². The van der Waals surface area contributed by atoms with Crippen molar-refractivity contribution in [2.24, 2.45) is 0 Å². The average molecular weight is 550 g/mol. The minimum Gasteiger partial charge on any atom is -0.477 e. The number of hydrogen-bond donors (Lipinski definition) is 3. The maximum Gasteiger partial charge on any atom is 0.413 e. The lowest BCUT2D eigenvalue weighted by Gasteiger charge is -2.42. The van der Waals surface area contributed by atoms with Crippen LogP contribution in [0.25, 0.3) is 0 Å². The van der Waals surface area contributed by atoms with Crippen LogP contribution in [0.5, 0.6) is 5.88 Å². The second-order valence-electron chi connectivity index (χ2n) is 9.46. The van der Waals surface area contributed by atoms with Crippen LogP contribution in [0.3, 0.4) is 0 Å². The minimum atomic E-state index is -3.15. The highest BCUT2D eigenvalue weighted by Gasteiger charge is 2.48. The van der Waals surface area contributed by atoms with Crippen LogP contribution in [0.2, 0.25) is 0 Å². The van der Waals surface area contributed by atoms with E-state index in [1.54, 1.807) is 11.8 Å². The van der Waals surface area contributed by atoms with Crippen LogP contribution in [-0.2, 0) is 4.74 Å². The van der Waals surface area contributed by atoms with E-state index in [1.807, 2.05) is 6.92 Å². The van der Waals surface area contributed by atoms with E-state index in [-0.39, 0.29) is 48.7 Å². The van der Waals surface area contributed by atoms with Gasteiger partial charge >= 0.3 is 12.1 Å². The third-order valence-electron chi connectivity index (χ3n) is 6.54. The molecule has 2 aliphatic heterocycles. The molecule has 3 N–H and O–H groups in total. The van der Waals surface area contributed by atoms with Gasteiger partial charge in [0.2, 0.25) is 11.8 Å². The highest BCUT2D eigenvalue weighted by atomic mass is 19.3. The van der Waals surface area contributed by atoms with Gasteiger partial charge in [0.25, 0.3) is 5.92 Å². The van der Waals surface area contributed by atoms with Gasteiger partial charge in [-0.05, 0) is 39.3 Å². The molecule has 2 aliphatic rings. The Bertz CT molecular complexity index is 1140. The molecule has 0 spiro atoms. The number of piperidine rings is 2. The molecule has 39 heavy (non-hydrogen) atoms. The predicted molar refractivity (Wildman–Crippen MR) is 138 cm³/mol. The molecule has 2 saturated heterocycles. The molecule has 0 bridgehead atoms. The zero-order chi connectivity index (χ0) is 28.0. The number of carbonyl (C=O) groups is 2. The van der Waals surface area contributed by atoms with Crippen molar-refractivity contribution in [3.63, 3.8) is 0 Å². The Morgan fingerprint density at radius 3 is 2.77 bits per heavy atom. The number of alkyl halides is 2. The van der Waals surface area contributed by atoms with E-state index in [1.165, 1.54) is 31.7 Å². The molecular formula is C24H33F2N9O4. The third kappa shape index (κ3) is 7.37. The first kappa shape index (κ1) is 28.1. The fourth-order valence-corrected chi connectivity index (χ4v) is 4.46. The largest absolute Gasteiger partial charge is 0.477 e. The Balaban J connectivity index is 1.38. The van der Waals surface area contributed by atoms with Crippen molar-refractivity contribution in [2.45, 2.75) is 57.2 Å². The highest BCUT2D eigenvalue weighted by molar-refractivity contribution is 5.88. The second-order valence-corrected chi connectivity index (χ2v) is 9.46. The number of halogens is 2. The van der Waals surface area contributed by atoms with Crippen molar-refractivity contribution < 1.29 is 27.8 Å². The smallest absolute Gasteiger partial charge is 0.413 e. The summed E-state index contributed by atoms with van der Waals surface area (Å²) in [4.78, 5) is 44.2. The van der Waals surface area contributed by atoms with E-state index in [0.717, 1.165) is 11.4 Å². The Hall–Kier alpha value is -3.88. The van der Waals surface area contributed by atoms with Gasteiger partial charge in [-0.25, -0.2) is 33.3 Å². The van der Waals surface area contributed by atoms with E-state index >= 15 is 0 Å². The molecule has 0 saturated carbocycles. The molecule has 3 unspecified atom stereocenters. The fourth-order valence-electron chi connectivity index (χ4n) is 4.46. The molecular weight excluding hydrogens is 516 g/mol. The van der Waals surface area contributed by atoms with Crippen LogP contribution in [0, 0.1) is 0 Å². The van der Waals surface area contributed by atoms with Crippen molar-refractivity contribution in [1.29, 1.82) is 0 Å². The summed E-state index contributed by atoms with van der Waals surface area (Å²) in [5.41, 5.74) is 0. The van der Waals surface area contributed by atoms with Crippen LogP contribution in [-0.4, -0.2) is 94.4 Å². The third-order valence-corrected chi connectivity index (χ3v) is 6.54. The van der Waals surface area contributed by atoms with Gasteiger partial charge < -0.3 is 24.6 Å². The summed E-state index contributed by atoms with van der Waals surface area (Å²) in [6, 6.07) is -0.509. The Morgan fingerprint density at radius 2 is 2.05 bits per heavy atom. The van der Waals surface area contributed by atoms with Crippen LogP contribution in [0.4, 0.5) is 36.0 Å². The van der Waals surface area contributed by atoms with Crippen molar-refractivity contribution in [2.75, 3.05) is 48.8 Å². The molecule has 4 heterocycles. The van der Waals surface area contributed by atoms with Gasteiger partial charge in [-0.2, -0.15) is 4.98 Å². The van der Waals surface area contributed by atoms with Crippen LogP contribution in [0.15, 0.2) is 24.7 Å². The van der Waals surface area contributed by atoms with Gasteiger partial charge in [-0.1, -0.05) is 0 Å². The Morgan fingerprint density at radius 1 is 1.23 bits per heavy atom. The number of ether oxygens (including phenoxy) is 2. The SMILES string of the molecule is CCOc1cnc(NC(=O)N(C)C2CN(c3nccc(NC(=O)OC4CCNC(C)C4)n3)CCC2(F)F)cn1. The monoisotopic (exact) mass is 549 g/mol. The molecule has 3 atom stereocenters. The van der Waals surface area contributed by atoms with Crippen LogP contribution >= 0.6 is 0 Å². The van der Waals surface area contributed by atoms with Crippen molar-refractivity contribution >= 4 is 29.7 Å². The number of urea groups is 1. The molecule has 212 valence electrons. The summed E-state index contributed by atoms with van der Waals surface area (Å²) in [5, 5.41) is 8.36. The van der Waals surface area contributed by atoms with Crippen molar-refractivity contribution in [3.8, 4) is 5.88 Å². The number of aromatic nitrogens is 4. The molecule has 2 aromatic heterocycles. The number of likely N-dealkylation sites (N-methyl/N-ethyl adjacent to an activating group) is 1. The topological polar surface area (TPSA) is 147 Å². The number of rotatable bonds is 7. The summed E-state index contributed by atoms with van der Waals surface area (Å²) in [5.74, 6) is -2.45. The van der Waals surface area contributed by atoms with Gasteiger partial charge in [0.1, 0.15) is 18.0 Å². The van der Waals surface area contributed by atoms with Crippen molar-refractivity contribution in [1.82, 2.24) is 30.2 Å². The molecule has 2 aromatic rings. The van der Waals surface area contributed by atoms with E-state index in [0.29, 0.717) is 19.4 Å². The van der Waals surface area contributed by atoms with E-state index in [9.17, 15) is 18.4 Å². The number of nitrogens with zero attached hydrogens (tertiary/aromatic N) is 6. The first-order chi connectivity index (χ1) is 18.6. The molecule has 0 radical (unpaired) electrons. The Labute approximate surface area is 224 Å². The lowest BCUT2D eigenvalue weighted by molar-refractivity contribution is -0.0760. The van der Waals surface area contributed by atoms with Gasteiger partial charge in [-0.3, -0.25) is 10.6 Å². The zero-order valence-corrected chi connectivity index (χ0v) is 22.1. The highest BCUT2D eigenvalue weighted by Crippen LogP contribution is 2.33. The van der Waals surface area contributed by atoms with Gasteiger partial charge in [0.05, 0.1) is 19.0 Å². The molecule has 13 nitrogen and oxygen atoms in total. The normalized spacial score (nSPS) is 22.5. The summed E-state index contributed by atoms with van der Waals surface area (Å²) >= 11 is 0. The molecule has 0 aliphatic carbocycles. The minimum absolute atomic E-state index is 0.0375. The number of anilines is 3. The van der Waals surface area contributed by atoms with Crippen LogP contribution < -0.4 is 25.6 Å². The zero-order valence-electron chi connectivity index (χ0n) is 22.1. The maximum absolute atomic E-state index is 14.9. The van der Waals surface area contributed by atoms with E-state index in [2.05, 4.69) is 35.9 Å². The lowest BCUT2D eigenvalue weighted by atomic mass is 10.00. The molecule has 2 fully saturated rings. The number of amides is 3. The number of nitrogens with one attached hydrogen (secondary N) is 3. The van der Waals surface area contributed by atoms with Crippen LogP contribution in [0.1, 0.15) is 33.1 Å². The quantitative estimate of drug-likeness (QED) is 0.471. The first-order valence-electron chi connectivity index (χ1n) is 12.8. The maximum atomic E-state index is 14.9. The summed E-state index contributed by atoms with van der Waals surface area (Å²) in [6.45, 7) is 4.71. The van der Waals surface area contributed by atoms with Gasteiger partial charge in [0, 0.05) is 38.8 Å².